The molecular weight excluding hydrogens is 234 g/mol. The zero-order valence-electron chi connectivity index (χ0n) is 9.53. The molecular formula is C14H12ClNO. The van der Waals surface area contributed by atoms with Crippen molar-refractivity contribution in [2.24, 2.45) is 0 Å². The van der Waals surface area contributed by atoms with E-state index in [4.69, 9.17) is 11.6 Å². The summed E-state index contributed by atoms with van der Waals surface area (Å²) in [7, 11) is 0. The van der Waals surface area contributed by atoms with Crippen LogP contribution in [0.2, 0.25) is 5.02 Å². The highest BCUT2D eigenvalue weighted by molar-refractivity contribution is 6.31. The van der Waals surface area contributed by atoms with Crippen molar-refractivity contribution in [3.8, 4) is 11.8 Å². The number of carbonyl (C=O) groups excluding carboxylic acids is 1. The maximum Gasteiger partial charge on any atom is 0.152 e. The van der Waals surface area contributed by atoms with Crippen molar-refractivity contribution in [1.82, 2.24) is 4.57 Å². The SMILES string of the molecule is CC#CCCn1cc(C=O)c2ccc(Cl)cc21. The zero-order chi connectivity index (χ0) is 12.3. The Labute approximate surface area is 105 Å². The van der Waals surface area contributed by atoms with E-state index in [1.807, 2.05) is 29.8 Å². The lowest BCUT2D eigenvalue weighted by Gasteiger charge is -2.02. The molecule has 1 heterocycles. The van der Waals surface area contributed by atoms with Gasteiger partial charge in [0, 0.05) is 35.1 Å². The van der Waals surface area contributed by atoms with Gasteiger partial charge in [-0.1, -0.05) is 17.7 Å². The van der Waals surface area contributed by atoms with Crippen molar-refractivity contribution < 1.29 is 4.79 Å². The number of aryl methyl sites for hydroxylation is 1. The van der Waals surface area contributed by atoms with Gasteiger partial charge < -0.3 is 4.57 Å². The molecule has 3 heteroatoms. The molecule has 0 unspecified atom stereocenters. The first-order chi connectivity index (χ1) is 8.26. The molecule has 0 saturated carbocycles. The summed E-state index contributed by atoms with van der Waals surface area (Å²) in [5.74, 6) is 5.87. The highest BCUT2D eigenvalue weighted by Gasteiger charge is 2.07. The molecule has 0 aliphatic rings. The van der Waals surface area contributed by atoms with Gasteiger partial charge >= 0.3 is 0 Å². The van der Waals surface area contributed by atoms with Crippen molar-refractivity contribution in [3.05, 3.63) is 35.0 Å². The minimum Gasteiger partial charge on any atom is -0.346 e. The van der Waals surface area contributed by atoms with Gasteiger partial charge in [0.25, 0.3) is 0 Å². The van der Waals surface area contributed by atoms with E-state index in [1.165, 1.54) is 0 Å². The second-order valence-electron chi connectivity index (χ2n) is 3.73. The van der Waals surface area contributed by atoms with Crippen LogP contribution in [0.1, 0.15) is 23.7 Å². The molecule has 0 spiro atoms. The molecule has 2 nitrogen and oxygen atoms in total. The maximum atomic E-state index is 11.0. The van der Waals surface area contributed by atoms with Crippen LogP contribution in [0.4, 0.5) is 0 Å². The Morgan fingerprint density at radius 1 is 1.47 bits per heavy atom. The van der Waals surface area contributed by atoms with Gasteiger partial charge in [0.2, 0.25) is 0 Å². The number of rotatable bonds is 3. The Hall–Kier alpha value is -1.72. The Bertz CT molecular complexity index is 616. The number of fused-ring (bicyclic) bond motifs is 1. The molecule has 1 aromatic carbocycles. The quantitative estimate of drug-likeness (QED) is 0.599. The Morgan fingerprint density at radius 2 is 2.29 bits per heavy atom. The highest BCUT2D eigenvalue weighted by atomic mass is 35.5. The van der Waals surface area contributed by atoms with Gasteiger partial charge in [-0.3, -0.25) is 4.79 Å². The normalized spacial score (nSPS) is 10.0. The fourth-order valence-electron chi connectivity index (χ4n) is 1.87. The van der Waals surface area contributed by atoms with Crippen LogP contribution < -0.4 is 0 Å². The predicted molar refractivity (Wildman–Crippen MR) is 70.4 cm³/mol. The number of hydrogen-bond acceptors (Lipinski definition) is 1. The zero-order valence-corrected chi connectivity index (χ0v) is 10.3. The third-order valence-electron chi connectivity index (χ3n) is 2.66. The fraction of sp³-hybridized carbons (Fsp3) is 0.214. The minimum atomic E-state index is 0.677. The van der Waals surface area contributed by atoms with Gasteiger partial charge in [0.15, 0.2) is 6.29 Å². The molecule has 1 aromatic heterocycles. The summed E-state index contributed by atoms with van der Waals surface area (Å²) < 4.78 is 2.02. The van der Waals surface area contributed by atoms with Crippen LogP contribution in [0.3, 0.4) is 0 Å². The van der Waals surface area contributed by atoms with E-state index in [9.17, 15) is 4.79 Å². The van der Waals surface area contributed by atoms with Crippen LogP contribution in [0.5, 0.6) is 0 Å². The molecule has 0 aliphatic carbocycles. The first-order valence-electron chi connectivity index (χ1n) is 5.39. The molecule has 2 rings (SSSR count). The van der Waals surface area contributed by atoms with E-state index >= 15 is 0 Å². The average Bonchev–Trinajstić information content (AvgIpc) is 2.67. The van der Waals surface area contributed by atoms with Crippen LogP contribution in [0.25, 0.3) is 10.9 Å². The van der Waals surface area contributed by atoms with E-state index in [1.54, 1.807) is 6.07 Å². The van der Waals surface area contributed by atoms with E-state index < -0.39 is 0 Å². The van der Waals surface area contributed by atoms with Gasteiger partial charge in [-0.25, -0.2) is 0 Å². The van der Waals surface area contributed by atoms with Crippen LogP contribution in [-0.4, -0.2) is 10.9 Å². The molecule has 17 heavy (non-hydrogen) atoms. The topological polar surface area (TPSA) is 22.0 Å². The molecule has 0 N–H and O–H groups in total. The van der Waals surface area contributed by atoms with E-state index in [0.717, 1.165) is 30.2 Å². The van der Waals surface area contributed by atoms with E-state index in [0.29, 0.717) is 10.6 Å². The number of halogens is 1. The van der Waals surface area contributed by atoms with Gasteiger partial charge in [0.05, 0.1) is 5.52 Å². The number of hydrogen-bond donors (Lipinski definition) is 0. The lowest BCUT2D eigenvalue weighted by molar-refractivity contribution is 0.112. The summed E-state index contributed by atoms with van der Waals surface area (Å²) in [6, 6.07) is 5.56. The molecule has 0 bridgehead atoms. The van der Waals surface area contributed by atoms with Crippen molar-refractivity contribution in [2.45, 2.75) is 19.9 Å². The van der Waals surface area contributed by atoms with Crippen LogP contribution in [0, 0.1) is 11.8 Å². The van der Waals surface area contributed by atoms with Crippen molar-refractivity contribution in [2.75, 3.05) is 0 Å². The smallest absolute Gasteiger partial charge is 0.152 e. The first-order valence-corrected chi connectivity index (χ1v) is 5.77. The standard InChI is InChI=1S/C14H12ClNO/c1-2-3-4-7-16-9-11(10-17)13-6-5-12(15)8-14(13)16/h5-6,8-10H,4,7H2,1H3. The summed E-state index contributed by atoms with van der Waals surface area (Å²) in [6.07, 6.45) is 3.49. The molecule has 86 valence electrons. The Morgan fingerprint density at radius 3 is 3.00 bits per heavy atom. The number of carbonyl (C=O) groups is 1. The lowest BCUT2D eigenvalue weighted by atomic mass is 10.2. The summed E-state index contributed by atoms with van der Waals surface area (Å²) in [5.41, 5.74) is 1.68. The maximum absolute atomic E-state index is 11.0. The predicted octanol–water partition coefficient (Wildman–Crippen LogP) is 3.52. The van der Waals surface area contributed by atoms with Crippen LogP contribution in [0.15, 0.2) is 24.4 Å². The third kappa shape index (κ3) is 2.35. The van der Waals surface area contributed by atoms with Gasteiger partial charge in [0.1, 0.15) is 0 Å². The average molecular weight is 246 g/mol. The van der Waals surface area contributed by atoms with Crippen LogP contribution in [-0.2, 0) is 6.54 Å². The van der Waals surface area contributed by atoms with Crippen LogP contribution >= 0.6 is 11.6 Å². The lowest BCUT2D eigenvalue weighted by Crippen LogP contribution is -1.94. The second-order valence-corrected chi connectivity index (χ2v) is 4.17. The second kappa shape index (κ2) is 5.07. The van der Waals surface area contributed by atoms with Crippen molar-refractivity contribution in [3.63, 3.8) is 0 Å². The van der Waals surface area contributed by atoms with Crippen molar-refractivity contribution in [1.29, 1.82) is 0 Å². The Balaban J connectivity index is 2.49. The number of nitrogens with zero attached hydrogens (tertiary/aromatic N) is 1. The monoisotopic (exact) mass is 245 g/mol. The number of aldehydes is 1. The number of aromatic nitrogens is 1. The summed E-state index contributed by atoms with van der Waals surface area (Å²) >= 11 is 5.97. The molecule has 0 fully saturated rings. The number of benzene rings is 1. The van der Waals surface area contributed by atoms with Crippen molar-refractivity contribution >= 4 is 28.8 Å². The van der Waals surface area contributed by atoms with E-state index in [2.05, 4.69) is 11.8 Å². The minimum absolute atomic E-state index is 0.677. The molecule has 2 aromatic rings. The molecule has 0 radical (unpaired) electrons. The summed E-state index contributed by atoms with van der Waals surface area (Å²) in [4.78, 5) is 11.0. The molecule has 0 saturated heterocycles. The molecule has 0 aliphatic heterocycles. The van der Waals surface area contributed by atoms with Gasteiger partial charge in [-0.2, -0.15) is 0 Å². The van der Waals surface area contributed by atoms with E-state index in [-0.39, 0.29) is 0 Å². The Kier molecular flexibility index (Phi) is 3.51. The summed E-state index contributed by atoms with van der Waals surface area (Å²) in [6.45, 7) is 2.59. The van der Waals surface area contributed by atoms with Gasteiger partial charge in [-0.05, 0) is 19.1 Å². The highest BCUT2D eigenvalue weighted by Crippen LogP contribution is 2.24. The fourth-order valence-corrected chi connectivity index (χ4v) is 2.04. The molecule has 0 atom stereocenters. The largest absolute Gasteiger partial charge is 0.346 e. The van der Waals surface area contributed by atoms with Gasteiger partial charge in [-0.15, -0.1) is 11.8 Å². The third-order valence-corrected chi connectivity index (χ3v) is 2.89. The first kappa shape index (κ1) is 11.8. The molecule has 0 amide bonds. The summed E-state index contributed by atoms with van der Waals surface area (Å²) in [5, 5.41) is 1.62.